The molecule has 1 atom stereocenters. The van der Waals surface area contributed by atoms with Crippen LogP contribution in [0.15, 0.2) is 34.5 Å². The van der Waals surface area contributed by atoms with Crippen LogP contribution in [0, 0.1) is 12.3 Å². The van der Waals surface area contributed by atoms with Crippen molar-refractivity contribution in [2.24, 2.45) is 16.0 Å². The fourth-order valence-corrected chi connectivity index (χ4v) is 1.84. The average molecular weight is 310 g/mol. The van der Waals surface area contributed by atoms with Gasteiger partial charge in [0.15, 0.2) is 0 Å². The number of benzene rings is 1. The van der Waals surface area contributed by atoms with E-state index in [9.17, 15) is 18.0 Å². The molecular weight excluding hydrogens is 297 g/mol. The summed E-state index contributed by atoms with van der Waals surface area (Å²) >= 11 is 0. The lowest BCUT2D eigenvalue weighted by molar-refractivity contribution is -0.166. The van der Waals surface area contributed by atoms with Gasteiger partial charge in [-0.05, 0) is 5.56 Å². The number of hydrogen-bond donors (Lipinski definition) is 2. The molecule has 1 aromatic rings. The van der Waals surface area contributed by atoms with E-state index in [1.165, 1.54) is 24.3 Å². The van der Waals surface area contributed by atoms with E-state index in [1.54, 1.807) is 0 Å². The molecule has 2 rings (SSSR count). The topological polar surface area (TPSA) is 79.8 Å². The van der Waals surface area contributed by atoms with Crippen molar-refractivity contribution >= 4 is 5.91 Å². The highest BCUT2D eigenvalue weighted by molar-refractivity contribution is 5.81. The predicted molar refractivity (Wildman–Crippen MR) is 72.3 cm³/mol. The van der Waals surface area contributed by atoms with E-state index >= 15 is 0 Å². The number of terminal acetylenes is 1. The summed E-state index contributed by atoms with van der Waals surface area (Å²) in [5.74, 6) is 1.86. The summed E-state index contributed by atoms with van der Waals surface area (Å²) in [5, 5.41) is 8.79. The average Bonchev–Trinajstić information content (AvgIpc) is 3.27. The largest absolute Gasteiger partial charge is 0.442 e. The number of halogens is 3. The Bertz CT molecular complexity index is 625. The Morgan fingerprint density at radius 2 is 1.95 bits per heavy atom. The molecule has 8 heteroatoms. The first-order valence-corrected chi connectivity index (χ1v) is 6.37. The first-order valence-electron chi connectivity index (χ1n) is 6.37. The molecule has 1 heterocycles. The van der Waals surface area contributed by atoms with Gasteiger partial charge in [-0.1, -0.05) is 24.3 Å². The van der Waals surface area contributed by atoms with Gasteiger partial charge in [0.1, 0.15) is 0 Å². The number of nitrogens with one attached hydrogen (secondary N) is 1. The number of nitrogens with two attached hydrogens (primary N) is 1. The zero-order chi connectivity index (χ0) is 16.4. The number of carbonyl (C=O) groups excluding carboxylic acids is 1. The second-order valence-electron chi connectivity index (χ2n) is 4.80. The van der Waals surface area contributed by atoms with Crippen LogP contribution in [0.3, 0.4) is 0 Å². The van der Waals surface area contributed by atoms with Crippen LogP contribution in [-0.4, -0.2) is 18.1 Å². The van der Waals surface area contributed by atoms with Crippen LogP contribution in [0.5, 0.6) is 0 Å². The van der Waals surface area contributed by atoms with Gasteiger partial charge in [-0.15, -0.1) is 22.6 Å². The molecule has 0 saturated heterocycles. The highest BCUT2D eigenvalue weighted by atomic mass is 19.4. The molecule has 5 nitrogen and oxygen atoms in total. The summed E-state index contributed by atoms with van der Waals surface area (Å²) < 4.78 is 38.5. The third-order valence-corrected chi connectivity index (χ3v) is 3.19. The van der Waals surface area contributed by atoms with E-state index in [0.29, 0.717) is 5.56 Å². The Hall–Kier alpha value is -2.40. The van der Waals surface area contributed by atoms with Crippen LogP contribution in [0.4, 0.5) is 13.2 Å². The Kier molecular flexibility index (Phi) is 4.19. The standard InChI is InChI=1S/C14H13F3N4O/c1-2-3-11(18)12(22)19-8-9-4-6-10(7-5-9)13(20-21-13)14(15,16)17/h1,4-7,11H,3,8,18H2,(H,19,22). The zero-order valence-corrected chi connectivity index (χ0v) is 11.4. The van der Waals surface area contributed by atoms with Crippen LogP contribution in [0.2, 0.25) is 0 Å². The minimum Gasteiger partial charge on any atom is -0.351 e. The summed E-state index contributed by atoms with van der Waals surface area (Å²) in [4.78, 5) is 11.6. The Morgan fingerprint density at radius 1 is 1.36 bits per heavy atom. The zero-order valence-electron chi connectivity index (χ0n) is 11.4. The first-order chi connectivity index (χ1) is 10.3. The van der Waals surface area contributed by atoms with Crippen molar-refractivity contribution in [3.05, 3.63) is 35.4 Å². The van der Waals surface area contributed by atoms with E-state index < -0.39 is 23.8 Å². The lowest BCUT2D eigenvalue weighted by atomic mass is 10.0. The highest BCUT2D eigenvalue weighted by Crippen LogP contribution is 2.52. The van der Waals surface area contributed by atoms with Gasteiger partial charge in [-0.25, -0.2) is 0 Å². The normalized spacial score (nSPS) is 16.7. The maximum absolute atomic E-state index is 12.8. The van der Waals surface area contributed by atoms with E-state index in [4.69, 9.17) is 12.2 Å². The quantitative estimate of drug-likeness (QED) is 0.814. The van der Waals surface area contributed by atoms with Crippen molar-refractivity contribution < 1.29 is 18.0 Å². The van der Waals surface area contributed by atoms with Crippen molar-refractivity contribution in [1.29, 1.82) is 0 Å². The van der Waals surface area contributed by atoms with Crippen LogP contribution >= 0.6 is 0 Å². The molecule has 0 bridgehead atoms. The molecule has 116 valence electrons. The first kappa shape index (κ1) is 16.0. The van der Waals surface area contributed by atoms with Crippen LogP contribution in [0.1, 0.15) is 17.5 Å². The molecule has 0 radical (unpaired) electrons. The molecule has 1 aliphatic rings. The minimum absolute atomic E-state index is 0.0564. The Morgan fingerprint density at radius 3 is 2.41 bits per heavy atom. The van der Waals surface area contributed by atoms with Gasteiger partial charge in [0.25, 0.3) is 0 Å². The molecule has 0 saturated carbocycles. The molecular formula is C14H13F3N4O. The number of nitrogens with zero attached hydrogens (tertiary/aromatic N) is 2. The van der Waals surface area contributed by atoms with Crippen LogP contribution in [-0.2, 0) is 17.0 Å². The minimum atomic E-state index is -4.55. The van der Waals surface area contributed by atoms with E-state index in [2.05, 4.69) is 21.5 Å². The number of rotatable bonds is 5. The molecule has 1 aliphatic heterocycles. The Labute approximate surface area is 124 Å². The lowest BCUT2D eigenvalue weighted by Gasteiger charge is -2.15. The molecule has 0 spiro atoms. The van der Waals surface area contributed by atoms with Gasteiger partial charge >= 0.3 is 11.8 Å². The summed E-state index contributed by atoms with van der Waals surface area (Å²) in [6, 6.07) is 4.72. The molecule has 0 aromatic heterocycles. The predicted octanol–water partition coefficient (Wildman–Crippen LogP) is 1.83. The summed E-state index contributed by atoms with van der Waals surface area (Å²) in [5.41, 5.74) is 3.67. The number of carbonyl (C=O) groups is 1. The van der Waals surface area contributed by atoms with Crippen molar-refractivity contribution in [1.82, 2.24) is 5.32 Å². The fraction of sp³-hybridized carbons (Fsp3) is 0.357. The molecule has 0 fully saturated rings. The van der Waals surface area contributed by atoms with Gasteiger partial charge < -0.3 is 11.1 Å². The van der Waals surface area contributed by atoms with E-state index in [0.717, 1.165) is 0 Å². The number of hydrogen-bond acceptors (Lipinski definition) is 4. The monoisotopic (exact) mass is 310 g/mol. The van der Waals surface area contributed by atoms with Gasteiger partial charge in [-0.2, -0.15) is 13.2 Å². The maximum atomic E-state index is 12.8. The van der Waals surface area contributed by atoms with Crippen molar-refractivity contribution in [3.63, 3.8) is 0 Å². The molecule has 1 unspecified atom stereocenters. The maximum Gasteiger partial charge on any atom is 0.442 e. The lowest BCUT2D eigenvalue weighted by Crippen LogP contribution is -2.39. The summed E-state index contributed by atoms with van der Waals surface area (Å²) in [6.45, 7) is 0.144. The van der Waals surface area contributed by atoms with Gasteiger partial charge in [0.2, 0.25) is 5.91 Å². The van der Waals surface area contributed by atoms with Crippen LogP contribution in [0.25, 0.3) is 0 Å². The SMILES string of the molecule is C#CCC(N)C(=O)NCc1ccc(C2(C(F)(F)F)N=N2)cc1. The smallest absolute Gasteiger partial charge is 0.351 e. The van der Waals surface area contributed by atoms with Crippen molar-refractivity contribution in [2.75, 3.05) is 0 Å². The second-order valence-corrected chi connectivity index (χ2v) is 4.80. The molecule has 1 aromatic carbocycles. The van der Waals surface area contributed by atoms with Crippen molar-refractivity contribution in [2.45, 2.75) is 30.8 Å². The second kappa shape index (κ2) is 5.77. The molecule has 22 heavy (non-hydrogen) atoms. The van der Waals surface area contributed by atoms with Gasteiger partial charge in [0.05, 0.1) is 6.04 Å². The third kappa shape index (κ3) is 3.09. The van der Waals surface area contributed by atoms with Crippen LogP contribution < -0.4 is 11.1 Å². The molecule has 1 amide bonds. The van der Waals surface area contributed by atoms with Gasteiger partial charge in [0, 0.05) is 18.5 Å². The summed E-state index contributed by atoms with van der Waals surface area (Å²) in [7, 11) is 0. The molecule has 3 N–H and O–H groups in total. The van der Waals surface area contributed by atoms with Gasteiger partial charge in [-0.3, -0.25) is 4.79 Å². The number of alkyl halides is 3. The fourth-order valence-electron chi connectivity index (χ4n) is 1.84. The molecule has 0 aliphatic carbocycles. The van der Waals surface area contributed by atoms with Crippen molar-refractivity contribution in [3.8, 4) is 12.3 Å². The van der Waals surface area contributed by atoms with E-state index in [1.807, 2.05) is 0 Å². The number of amides is 1. The Balaban J connectivity index is 1.96. The third-order valence-electron chi connectivity index (χ3n) is 3.19. The highest BCUT2D eigenvalue weighted by Gasteiger charge is 2.65. The summed E-state index contributed by atoms with van der Waals surface area (Å²) in [6.07, 6.45) is 0.615. The van der Waals surface area contributed by atoms with E-state index in [-0.39, 0.29) is 18.5 Å².